The first-order valence-electron chi connectivity index (χ1n) is 7.78. The summed E-state index contributed by atoms with van der Waals surface area (Å²) in [6, 6.07) is 5.68. The SMILES string of the molecule is C[C@H]1C[C@@H]1c1ccc(/C=C(\C#N)C(=O)NC[C@@H]2CCCO2)o1. The normalized spacial score (nSPS) is 27.5. The molecule has 1 aliphatic heterocycles. The van der Waals surface area contributed by atoms with E-state index in [1.165, 1.54) is 6.08 Å². The van der Waals surface area contributed by atoms with Crippen LogP contribution >= 0.6 is 0 Å². The number of nitriles is 1. The van der Waals surface area contributed by atoms with Gasteiger partial charge in [-0.3, -0.25) is 4.79 Å². The van der Waals surface area contributed by atoms with Gasteiger partial charge >= 0.3 is 0 Å². The summed E-state index contributed by atoms with van der Waals surface area (Å²) in [7, 11) is 0. The van der Waals surface area contributed by atoms with Gasteiger partial charge in [-0.15, -0.1) is 0 Å². The average molecular weight is 300 g/mol. The van der Waals surface area contributed by atoms with E-state index in [1.807, 2.05) is 18.2 Å². The molecule has 1 aromatic rings. The highest BCUT2D eigenvalue weighted by atomic mass is 16.5. The van der Waals surface area contributed by atoms with E-state index in [4.69, 9.17) is 14.4 Å². The van der Waals surface area contributed by atoms with Crippen molar-refractivity contribution in [2.45, 2.75) is 38.2 Å². The van der Waals surface area contributed by atoms with Gasteiger partial charge in [0.2, 0.25) is 0 Å². The van der Waals surface area contributed by atoms with Crippen LogP contribution in [0.15, 0.2) is 22.1 Å². The van der Waals surface area contributed by atoms with Gasteiger partial charge in [0.1, 0.15) is 23.2 Å². The molecule has 0 aromatic carbocycles. The van der Waals surface area contributed by atoms with Crippen molar-refractivity contribution in [3.8, 4) is 6.07 Å². The molecular weight excluding hydrogens is 280 g/mol. The van der Waals surface area contributed by atoms with Gasteiger partial charge in [0.15, 0.2) is 0 Å². The van der Waals surface area contributed by atoms with Crippen LogP contribution in [0.1, 0.15) is 43.6 Å². The fourth-order valence-corrected chi connectivity index (χ4v) is 2.76. The van der Waals surface area contributed by atoms with Crippen LogP contribution in [0.4, 0.5) is 0 Å². The van der Waals surface area contributed by atoms with E-state index < -0.39 is 0 Å². The number of carbonyl (C=O) groups is 1. The smallest absolute Gasteiger partial charge is 0.262 e. The predicted octanol–water partition coefficient (Wildman–Crippen LogP) is 2.61. The van der Waals surface area contributed by atoms with Crippen molar-refractivity contribution >= 4 is 12.0 Å². The van der Waals surface area contributed by atoms with Crippen molar-refractivity contribution in [2.75, 3.05) is 13.2 Å². The Morgan fingerprint density at radius 2 is 2.36 bits per heavy atom. The molecule has 2 fully saturated rings. The summed E-state index contributed by atoms with van der Waals surface area (Å²) in [6.07, 6.45) is 4.68. The van der Waals surface area contributed by atoms with Crippen molar-refractivity contribution in [3.05, 3.63) is 29.2 Å². The van der Waals surface area contributed by atoms with Gasteiger partial charge in [0.25, 0.3) is 5.91 Å². The third-order valence-corrected chi connectivity index (χ3v) is 4.29. The number of hydrogen-bond acceptors (Lipinski definition) is 4. The van der Waals surface area contributed by atoms with Crippen molar-refractivity contribution in [1.29, 1.82) is 5.26 Å². The first-order valence-corrected chi connectivity index (χ1v) is 7.78. The Balaban J connectivity index is 1.60. The number of rotatable bonds is 5. The Morgan fingerprint density at radius 1 is 1.55 bits per heavy atom. The molecule has 3 atom stereocenters. The fraction of sp³-hybridized carbons (Fsp3) is 0.529. The molecule has 1 amide bonds. The van der Waals surface area contributed by atoms with Gasteiger partial charge in [-0.2, -0.15) is 5.26 Å². The Labute approximate surface area is 129 Å². The van der Waals surface area contributed by atoms with Gasteiger partial charge in [-0.1, -0.05) is 6.92 Å². The van der Waals surface area contributed by atoms with E-state index in [-0.39, 0.29) is 17.6 Å². The zero-order valence-electron chi connectivity index (χ0n) is 12.7. The maximum atomic E-state index is 12.0. The molecule has 2 heterocycles. The van der Waals surface area contributed by atoms with E-state index in [9.17, 15) is 4.79 Å². The van der Waals surface area contributed by atoms with E-state index >= 15 is 0 Å². The number of hydrogen-bond donors (Lipinski definition) is 1. The second-order valence-electron chi connectivity index (χ2n) is 6.07. The van der Waals surface area contributed by atoms with E-state index in [0.29, 0.717) is 24.1 Å². The zero-order chi connectivity index (χ0) is 15.5. The molecule has 116 valence electrons. The van der Waals surface area contributed by atoms with Crippen LogP contribution in [0, 0.1) is 17.2 Å². The Kier molecular flexibility index (Phi) is 4.30. The summed E-state index contributed by atoms with van der Waals surface area (Å²) in [6.45, 7) is 3.37. The molecule has 1 saturated heterocycles. The molecule has 1 aromatic heterocycles. The first kappa shape index (κ1) is 14.9. The number of ether oxygens (including phenoxy) is 1. The molecular formula is C17H20N2O3. The summed E-state index contributed by atoms with van der Waals surface area (Å²) < 4.78 is 11.2. The molecule has 5 nitrogen and oxygen atoms in total. The molecule has 2 aliphatic rings. The summed E-state index contributed by atoms with van der Waals surface area (Å²) in [5.74, 6) is 2.26. The van der Waals surface area contributed by atoms with Crippen molar-refractivity contribution in [1.82, 2.24) is 5.32 Å². The van der Waals surface area contributed by atoms with E-state index in [2.05, 4.69) is 12.2 Å². The minimum atomic E-state index is -0.379. The van der Waals surface area contributed by atoms with Crippen LogP contribution in [-0.2, 0) is 9.53 Å². The Hall–Kier alpha value is -2.06. The van der Waals surface area contributed by atoms with Crippen molar-refractivity contribution in [2.24, 2.45) is 5.92 Å². The minimum absolute atomic E-state index is 0.0581. The highest BCUT2D eigenvalue weighted by molar-refractivity contribution is 6.01. The topological polar surface area (TPSA) is 75.3 Å². The third kappa shape index (κ3) is 3.40. The number of furan rings is 1. The monoisotopic (exact) mass is 300 g/mol. The maximum absolute atomic E-state index is 12.0. The number of amides is 1. The lowest BCUT2D eigenvalue weighted by Gasteiger charge is -2.09. The lowest BCUT2D eigenvalue weighted by Crippen LogP contribution is -2.32. The molecule has 0 radical (unpaired) electrons. The Bertz CT molecular complexity index is 620. The molecule has 5 heteroatoms. The van der Waals surface area contributed by atoms with Crippen LogP contribution in [-0.4, -0.2) is 25.2 Å². The van der Waals surface area contributed by atoms with E-state index in [0.717, 1.165) is 31.6 Å². The standard InChI is InChI=1S/C17H20N2O3/c1-11-7-15(11)16-5-4-13(22-16)8-12(9-18)17(20)19-10-14-3-2-6-21-14/h4-5,8,11,14-15H,2-3,6-7,10H2,1H3,(H,19,20)/b12-8+/t11-,14-,15-/m0/s1. The maximum Gasteiger partial charge on any atom is 0.262 e. The van der Waals surface area contributed by atoms with Crippen LogP contribution in [0.3, 0.4) is 0 Å². The lowest BCUT2D eigenvalue weighted by molar-refractivity contribution is -0.117. The highest BCUT2D eigenvalue weighted by Gasteiger charge is 2.36. The van der Waals surface area contributed by atoms with Crippen LogP contribution in [0.2, 0.25) is 0 Å². The number of carbonyl (C=O) groups excluding carboxylic acids is 1. The molecule has 0 unspecified atom stereocenters. The molecule has 1 N–H and O–H groups in total. The minimum Gasteiger partial charge on any atom is -0.461 e. The van der Waals surface area contributed by atoms with Gasteiger partial charge in [-0.25, -0.2) is 0 Å². The predicted molar refractivity (Wildman–Crippen MR) is 80.8 cm³/mol. The fourth-order valence-electron chi connectivity index (χ4n) is 2.76. The van der Waals surface area contributed by atoms with Crippen molar-refractivity contribution < 1.29 is 13.9 Å². The van der Waals surface area contributed by atoms with Gasteiger partial charge in [-0.05, 0) is 37.3 Å². The number of nitrogens with one attached hydrogen (secondary N) is 1. The summed E-state index contributed by atoms with van der Waals surface area (Å²) in [5.41, 5.74) is 0.0581. The Morgan fingerprint density at radius 3 is 3.00 bits per heavy atom. The first-order chi connectivity index (χ1) is 10.7. The highest BCUT2D eigenvalue weighted by Crippen LogP contribution is 2.47. The molecule has 0 bridgehead atoms. The second-order valence-corrected chi connectivity index (χ2v) is 6.07. The van der Waals surface area contributed by atoms with Crippen LogP contribution in [0.5, 0.6) is 0 Å². The molecule has 1 saturated carbocycles. The molecule has 3 rings (SSSR count). The van der Waals surface area contributed by atoms with Gasteiger partial charge in [0, 0.05) is 25.1 Å². The summed E-state index contributed by atoms with van der Waals surface area (Å²) in [5, 5.41) is 11.9. The molecule has 0 spiro atoms. The largest absolute Gasteiger partial charge is 0.461 e. The van der Waals surface area contributed by atoms with Crippen molar-refractivity contribution in [3.63, 3.8) is 0 Å². The lowest BCUT2D eigenvalue weighted by atomic mass is 10.2. The van der Waals surface area contributed by atoms with Crippen LogP contribution < -0.4 is 5.32 Å². The summed E-state index contributed by atoms with van der Waals surface area (Å²) >= 11 is 0. The zero-order valence-corrected chi connectivity index (χ0v) is 12.7. The van der Waals surface area contributed by atoms with Gasteiger partial charge in [0.05, 0.1) is 6.10 Å². The van der Waals surface area contributed by atoms with Crippen LogP contribution in [0.25, 0.3) is 6.08 Å². The quantitative estimate of drug-likeness (QED) is 0.670. The second kappa shape index (κ2) is 6.37. The third-order valence-electron chi connectivity index (χ3n) is 4.29. The van der Waals surface area contributed by atoms with Gasteiger partial charge < -0.3 is 14.5 Å². The summed E-state index contributed by atoms with van der Waals surface area (Å²) in [4.78, 5) is 12.0. The molecule has 1 aliphatic carbocycles. The van der Waals surface area contributed by atoms with E-state index in [1.54, 1.807) is 0 Å². The molecule has 22 heavy (non-hydrogen) atoms. The number of nitrogens with zero attached hydrogens (tertiary/aromatic N) is 1. The average Bonchev–Trinajstić information content (AvgIpc) is 2.97.